The highest BCUT2D eigenvalue weighted by Crippen LogP contribution is 2.35. The maximum absolute atomic E-state index is 12.5. The SMILES string of the molecule is NNC(CCC1CCCCO1)c1cnc(C(F)(F)F)s1. The highest BCUT2D eigenvalue weighted by molar-refractivity contribution is 7.11. The molecule has 114 valence electrons. The van der Waals surface area contributed by atoms with Gasteiger partial charge in [-0.1, -0.05) is 0 Å². The molecule has 0 aromatic carbocycles. The number of halogens is 3. The molecule has 8 heteroatoms. The van der Waals surface area contributed by atoms with E-state index in [2.05, 4.69) is 10.4 Å². The van der Waals surface area contributed by atoms with E-state index in [1.165, 1.54) is 6.20 Å². The van der Waals surface area contributed by atoms with E-state index < -0.39 is 11.2 Å². The molecule has 0 aliphatic carbocycles. The Kier molecular flexibility index (Phi) is 5.36. The van der Waals surface area contributed by atoms with Crippen molar-refractivity contribution in [3.05, 3.63) is 16.1 Å². The minimum Gasteiger partial charge on any atom is -0.378 e. The van der Waals surface area contributed by atoms with Crippen molar-refractivity contribution in [2.75, 3.05) is 6.61 Å². The molecule has 0 radical (unpaired) electrons. The van der Waals surface area contributed by atoms with Crippen LogP contribution in [-0.4, -0.2) is 17.7 Å². The molecule has 0 bridgehead atoms. The zero-order valence-corrected chi connectivity index (χ0v) is 11.8. The maximum atomic E-state index is 12.5. The van der Waals surface area contributed by atoms with E-state index in [1.54, 1.807) is 0 Å². The molecule has 2 atom stereocenters. The Morgan fingerprint density at radius 3 is 2.85 bits per heavy atom. The molecule has 2 heterocycles. The van der Waals surface area contributed by atoms with E-state index in [4.69, 9.17) is 10.6 Å². The van der Waals surface area contributed by atoms with Crippen molar-refractivity contribution in [2.45, 2.75) is 50.4 Å². The van der Waals surface area contributed by atoms with Crippen molar-refractivity contribution in [3.8, 4) is 0 Å². The zero-order chi connectivity index (χ0) is 14.6. The van der Waals surface area contributed by atoms with Gasteiger partial charge in [0, 0.05) is 17.7 Å². The molecule has 1 saturated heterocycles. The molecule has 0 amide bonds. The fourth-order valence-corrected chi connectivity index (χ4v) is 3.15. The molecule has 1 fully saturated rings. The number of alkyl halides is 3. The van der Waals surface area contributed by atoms with Crippen LogP contribution in [0.5, 0.6) is 0 Å². The molecule has 2 rings (SSSR count). The summed E-state index contributed by atoms with van der Waals surface area (Å²) in [4.78, 5) is 3.93. The molecule has 1 aliphatic heterocycles. The van der Waals surface area contributed by atoms with Gasteiger partial charge in [-0.3, -0.25) is 11.3 Å². The lowest BCUT2D eigenvalue weighted by molar-refractivity contribution is -0.137. The molecule has 0 spiro atoms. The lowest BCUT2D eigenvalue weighted by Crippen LogP contribution is -2.29. The molecular formula is C12H18F3N3OS. The van der Waals surface area contributed by atoms with Gasteiger partial charge in [0.1, 0.15) is 0 Å². The minimum atomic E-state index is -4.39. The first-order valence-electron chi connectivity index (χ1n) is 6.61. The largest absolute Gasteiger partial charge is 0.443 e. The third kappa shape index (κ3) is 4.15. The number of hydrazine groups is 1. The Labute approximate surface area is 119 Å². The summed E-state index contributed by atoms with van der Waals surface area (Å²) in [5, 5.41) is -0.832. The molecule has 3 N–H and O–H groups in total. The summed E-state index contributed by atoms with van der Waals surface area (Å²) in [6, 6.07) is -0.311. The second-order valence-electron chi connectivity index (χ2n) is 4.85. The van der Waals surface area contributed by atoms with Crippen molar-refractivity contribution in [3.63, 3.8) is 0 Å². The van der Waals surface area contributed by atoms with Crippen LogP contribution in [0.25, 0.3) is 0 Å². The first-order chi connectivity index (χ1) is 9.50. The van der Waals surface area contributed by atoms with Gasteiger partial charge in [0.2, 0.25) is 0 Å². The van der Waals surface area contributed by atoms with Crippen LogP contribution >= 0.6 is 11.3 Å². The van der Waals surface area contributed by atoms with E-state index in [0.29, 0.717) is 22.6 Å². The molecule has 1 aromatic rings. The number of nitrogens with two attached hydrogens (primary N) is 1. The van der Waals surface area contributed by atoms with Crippen molar-refractivity contribution in [1.82, 2.24) is 10.4 Å². The van der Waals surface area contributed by atoms with Gasteiger partial charge in [0.15, 0.2) is 5.01 Å². The molecule has 4 nitrogen and oxygen atoms in total. The van der Waals surface area contributed by atoms with Crippen LogP contribution in [0.2, 0.25) is 0 Å². The number of nitrogens with one attached hydrogen (secondary N) is 1. The van der Waals surface area contributed by atoms with Crippen LogP contribution in [0.3, 0.4) is 0 Å². The Hall–Kier alpha value is -0.700. The smallest absolute Gasteiger partial charge is 0.378 e. The summed E-state index contributed by atoms with van der Waals surface area (Å²) in [6.07, 6.45) is 1.70. The average Bonchev–Trinajstić information content (AvgIpc) is 2.90. The van der Waals surface area contributed by atoms with Crippen LogP contribution in [0, 0.1) is 0 Å². The molecule has 0 saturated carbocycles. The van der Waals surface area contributed by atoms with E-state index in [1.807, 2.05) is 0 Å². The zero-order valence-electron chi connectivity index (χ0n) is 10.9. The summed E-state index contributed by atoms with van der Waals surface area (Å²) in [6.45, 7) is 0.768. The maximum Gasteiger partial charge on any atom is 0.443 e. The summed E-state index contributed by atoms with van der Waals surface area (Å²) in [5.74, 6) is 5.45. The second-order valence-corrected chi connectivity index (χ2v) is 5.91. The number of nitrogens with zero attached hydrogens (tertiary/aromatic N) is 1. The molecular weight excluding hydrogens is 291 g/mol. The van der Waals surface area contributed by atoms with E-state index in [0.717, 1.165) is 32.3 Å². The second kappa shape index (κ2) is 6.84. The lowest BCUT2D eigenvalue weighted by atomic mass is 10.0. The van der Waals surface area contributed by atoms with Crippen LogP contribution in [0.4, 0.5) is 13.2 Å². The Balaban J connectivity index is 1.92. The van der Waals surface area contributed by atoms with Gasteiger partial charge < -0.3 is 4.74 Å². The van der Waals surface area contributed by atoms with Gasteiger partial charge in [-0.2, -0.15) is 13.2 Å². The van der Waals surface area contributed by atoms with E-state index in [-0.39, 0.29) is 12.1 Å². The highest BCUT2D eigenvalue weighted by Gasteiger charge is 2.35. The monoisotopic (exact) mass is 309 g/mol. The topological polar surface area (TPSA) is 60.2 Å². The van der Waals surface area contributed by atoms with Crippen molar-refractivity contribution in [2.24, 2.45) is 5.84 Å². The van der Waals surface area contributed by atoms with Crippen LogP contribution in [0.1, 0.15) is 48.0 Å². The molecule has 1 aromatic heterocycles. The minimum absolute atomic E-state index is 0.189. The normalized spacial score (nSPS) is 21.9. The first-order valence-corrected chi connectivity index (χ1v) is 7.43. The number of hydrogen-bond donors (Lipinski definition) is 2. The predicted molar refractivity (Wildman–Crippen MR) is 70.0 cm³/mol. The van der Waals surface area contributed by atoms with Gasteiger partial charge in [-0.25, -0.2) is 4.98 Å². The third-order valence-corrected chi connectivity index (χ3v) is 4.52. The highest BCUT2D eigenvalue weighted by atomic mass is 32.1. The summed E-state index contributed by atoms with van der Waals surface area (Å²) in [7, 11) is 0. The van der Waals surface area contributed by atoms with Crippen LogP contribution in [-0.2, 0) is 10.9 Å². The van der Waals surface area contributed by atoms with Crippen molar-refractivity contribution < 1.29 is 17.9 Å². The third-order valence-electron chi connectivity index (χ3n) is 3.36. The predicted octanol–water partition coefficient (Wildman–Crippen LogP) is 3.02. The van der Waals surface area contributed by atoms with Crippen molar-refractivity contribution in [1.29, 1.82) is 0 Å². The molecule has 2 unspecified atom stereocenters. The van der Waals surface area contributed by atoms with Gasteiger partial charge in [-0.15, -0.1) is 11.3 Å². The van der Waals surface area contributed by atoms with Crippen LogP contribution in [0.15, 0.2) is 6.20 Å². The number of ether oxygens (including phenoxy) is 1. The van der Waals surface area contributed by atoms with E-state index in [9.17, 15) is 13.2 Å². The van der Waals surface area contributed by atoms with Gasteiger partial charge in [-0.05, 0) is 32.1 Å². The standard InChI is InChI=1S/C12H18F3N3OS/c13-12(14,15)11-17-7-10(20-11)9(18-16)5-4-8-3-1-2-6-19-8/h7-9,18H,1-6,16H2. The Morgan fingerprint density at radius 2 is 2.30 bits per heavy atom. The fraction of sp³-hybridized carbons (Fsp3) is 0.750. The average molecular weight is 309 g/mol. The summed E-state index contributed by atoms with van der Waals surface area (Å²) in [5.41, 5.74) is 2.57. The Morgan fingerprint density at radius 1 is 1.50 bits per heavy atom. The van der Waals surface area contributed by atoms with E-state index >= 15 is 0 Å². The van der Waals surface area contributed by atoms with Gasteiger partial charge in [0.25, 0.3) is 0 Å². The lowest BCUT2D eigenvalue weighted by Gasteiger charge is -2.24. The number of aromatic nitrogens is 1. The first kappa shape index (κ1) is 15.7. The molecule has 1 aliphatic rings. The number of hydrogen-bond acceptors (Lipinski definition) is 5. The quantitative estimate of drug-likeness (QED) is 0.648. The Bertz CT molecular complexity index is 418. The molecule has 20 heavy (non-hydrogen) atoms. The van der Waals surface area contributed by atoms with Crippen LogP contribution < -0.4 is 11.3 Å². The fourth-order valence-electron chi connectivity index (χ4n) is 2.27. The van der Waals surface area contributed by atoms with Gasteiger partial charge in [0.05, 0.1) is 12.1 Å². The number of thiazole rings is 1. The summed E-state index contributed by atoms with van der Waals surface area (Å²) >= 11 is 0.640. The van der Waals surface area contributed by atoms with Crippen molar-refractivity contribution >= 4 is 11.3 Å². The summed E-state index contributed by atoms with van der Waals surface area (Å²) < 4.78 is 43.2. The van der Waals surface area contributed by atoms with Gasteiger partial charge >= 0.3 is 6.18 Å². The number of rotatable bonds is 5.